The minimum Gasteiger partial charge on any atom is -0.310 e. The van der Waals surface area contributed by atoms with Crippen LogP contribution in [0.4, 0.5) is 17.1 Å². The van der Waals surface area contributed by atoms with E-state index in [9.17, 15) is 0 Å². The van der Waals surface area contributed by atoms with Gasteiger partial charge < -0.3 is 4.90 Å². The van der Waals surface area contributed by atoms with E-state index >= 15 is 0 Å². The molecule has 0 aliphatic heterocycles. The number of nitrogens with zero attached hydrogens (tertiary/aromatic N) is 1. The van der Waals surface area contributed by atoms with E-state index < -0.39 is 0 Å². The lowest BCUT2D eigenvalue weighted by Crippen LogP contribution is -2.32. The number of anilines is 3. The molecule has 294 valence electrons. The highest BCUT2D eigenvalue weighted by Crippen LogP contribution is 2.66. The zero-order valence-corrected chi connectivity index (χ0v) is 35.3. The number of fused-ring (bicyclic) bond motifs is 14. The zero-order valence-electron chi connectivity index (χ0n) is 35.3. The second kappa shape index (κ2) is 12.6. The Hall–Kier alpha value is -6.44. The highest BCUT2D eigenvalue weighted by atomic mass is 15.1. The molecular formula is C60H49N. The molecule has 13 rings (SSSR count). The topological polar surface area (TPSA) is 3.24 Å². The molecule has 5 aliphatic rings. The SMILES string of the molecule is CC1(C)c2ccccc2-c2cccc(-c3cccc(N(c4ccc5c(c4)C4(CC6CCC4C6)c4ccccc4-5)c4cccc5c4-c4ccccc4C5(C)c4ccccc4)c3)c21. The standard InChI is InChI=1S/C60H49N/c1-58(2)50-25-10-7-21-46(50)48-24-14-23-44(57(48)58)39-16-13-19-42(35-39)61(43-32-33-47-45-20-8-12-27-52(45)60(54(47)36-43)37-38-30-31-41(60)34-38)55-29-15-28-53-56(55)49-22-9-11-26-51(49)59(53,3)40-17-5-4-6-18-40/h4-29,32-33,35-36,38,41H,30-31,34,37H2,1-3H3. The van der Waals surface area contributed by atoms with Gasteiger partial charge in [0.2, 0.25) is 0 Å². The largest absolute Gasteiger partial charge is 0.310 e. The second-order valence-electron chi connectivity index (χ2n) is 19.3. The van der Waals surface area contributed by atoms with Crippen LogP contribution in [0.25, 0.3) is 44.5 Å². The van der Waals surface area contributed by atoms with E-state index in [4.69, 9.17) is 0 Å². The van der Waals surface area contributed by atoms with E-state index in [1.54, 1.807) is 11.1 Å². The molecule has 5 aliphatic carbocycles. The first-order valence-electron chi connectivity index (χ1n) is 22.5. The van der Waals surface area contributed by atoms with Crippen LogP contribution in [-0.4, -0.2) is 0 Å². The monoisotopic (exact) mass is 783 g/mol. The minimum atomic E-state index is -0.297. The summed E-state index contributed by atoms with van der Waals surface area (Å²) in [6, 6.07) is 69.6. The van der Waals surface area contributed by atoms with Crippen LogP contribution in [0.1, 0.15) is 85.4 Å². The van der Waals surface area contributed by atoms with E-state index in [0.717, 1.165) is 5.92 Å². The molecule has 0 saturated heterocycles. The van der Waals surface area contributed by atoms with Gasteiger partial charge in [-0.15, -0.1) is 0 Å². The van der Waals surface area contributed by atoms with Crippen molar-refractivity contribution in [2.24, 2.45) is 11.8 Å². The molecule has 61 heavy (non-hydrogen) atoms. The van der Waals surface area contributed by atoms with Crippen molar-refractivity contribution in [1.29, 1.82) is 0 Å². The Morgan fingerprint density at radius 2 is 1.08 bits per heavy atom. The van der Waals surface area contributed by atoms with Crippen molar-refractivity contribution in [2.75, 3.05) is 4.90 Å². The summed E-state index contributed by atoms with van der Waals surface area (Å²) in [6.45, 7) is 7.24. The number of benzene rings is 8. The molecule has 0 radical (unpaired) electrons. The highest BCUT2D eigenvalue weighted by Gasteiger charge is 2.57. The highest BCUT2D eigenvalue weighted by molar-refractivity contribution is 5.98. The van der Waals surface area contributed by atoms with Crippen molar-refractivity contribution in [3.8, 4) is 44.5 Å². The van der Waals surface area contributed by atoms with E-state index in [0.29, 0.717) is 5.92 Å². The lowest BCUT2D eigenvalue weighted by atomic mass is 9.67. The van der Waals surface area contributed by atoms with Crippen molar-refractivity contribution in [3.63, 3.8) is 0 Å². The molecule has 0 aromatic heterocycles. The molecule has 4 unspecified atom stereocenters. The lowest BCUT2D eigenvalue weighted by molar-refractivity contribution is 0.327. The van der Waals surface area contributed by atoms with Crippen LogP contribution in [0.3, 0.4) is 0 Å². The number of hydrogen-bond acceptors (Lipinski definition) is 1. The third-order valence-corrected chi connectivity index (χ3v) is 16.2. The van der Waals surface area contributed by atoms with Gasteiger partial charge in [0, 0.05) is 33.2 Å². The Labute approximate surface area is 360 Å². The third-order valence-electron chi connectivity index (χ3n) is 16.2. The Morgan fingerprint density at radius 1 is 0.459 bits per heavy atom. The minimum absolute atomic E-state index is 0.0840. The summed E-state index contributed by atoms with van der Waals surface area (Å²) in [5, 5.41) is 0. The van der Waals surface area contributed by atoms with Crippen LogP contribution >= 0.6 is 0 Å². The van der Waals surface area contributed by atoms with E-state index in [1.165, 1.54) is 115 Å². The fourth-order valence-electron chi connectivity index (χ4n) is 13.6. The maximum atomic E-state index is 2.62. The van der Waals surface area contributed by atoms with Crippen LogP contribution in [0.15, 0.2) is 182 Å². The van der Waals surface area contributed by atoms with Gasteiger partial charge in [0.25, 0.3) is 0 Å². The van der Waals surface area contributed by atoms with Crippen LogP contribution < -0.4 is 4.90 Å². The summed E-state index contributed by atoms with van der Waals surface area (Å²) in [4.78, 5) is 2.61. The number of hydrogen-bond donors (Lipinski definition) is 0. The fraction of sp³-hybridized carbons (Fsp3) is 0.200. The molecule has 2 fully saturated rings. The van der Waals surface area contributed by atoms with Crippen molar-refractivity contribution in [1.82, 2.24) is 0 Å². The Balaban J connectivity index is 1.06. The predicted molar refractivity (Wildman–Crippen MR) is 253 cm³/mol. The van der Waals surface area contributed by atoms with Crippen molar-refractivity contribution in [3.05, 3.63) is 221 Å². The van der Waals surface area contributed by atoms with Gasteiger partial charge in [-0.3, -0.25) is 0 Å². The summed E-state index contributed by atoms with van der Waals surface area (Å²) < 4.78 is 0. The third kappa shape index (κ3) is 4.62. The molecule has 8 aromatic rings. The van der Waals surface area contributed by atoms with E-state index in [1.807, 2.05) is 0 Å². The average Bonchev–Trinajstić information content (AvgIpc) is 4.11. The molecule has 1 heteroatoms. The van der Waals surface area contributed by atoms with Gasteiger partial charge in [-0.2, -0.15) is 0 Å². The molecule has 4 atom stereocenters. The normalized spacial score (nSPS) is 22.7. The summed E-state index contributed by atoms with van der Waals surface area (Å²) in [6.07, 6.45) is 5.33. The summed E-state index contributed by atoms with van der Waals surface area (Å²) in [5.74, 6) is 1.51. The fourth-order valence-corrected chi connectivity index (χ4v) is 13.6. The van der Waals surface area contributed by atoms with Gasteiger partial charge in [0.05, 0.1) is 5.69 Å². The lowest BCUT2D eigenvalue weighted by Gasteiger charge is -2.37. The second-order valence-corrected chi connectivity index (χ2v) is 19.3. The van der Waals surface area contributed by atoms with E-state index in [2.05, 4.69) is 208 Å². The van der Waals surface area contributed by atoms with Gasteiger partial charge in [-0.1, -0.05) is 172 Å². The predicted octanol–water partition coefficient (Wildman–Crippen LogP) is 15.6. The zero-order chi connectivity index (χ0) is 40.7. The van der Waals surface area contributed by atoms with E-state index in [-0.39, 0.29) is 16.2 Å². The summed E-state index contributed by atoms with van der Waals surface area (Å²) >= 11 is 0. The van der Waals surface area contributed by atoms with Crippen LogP contribution in [0.2, 0.25) is 0 Å². The molecular weight excluding hydrogens is 735 g/mol. The molecule has 8 aromatic carbocycles. The number of rotatable bonds is 5. The van der Waals surface area contributed by atoms with Crippen molar-refractivity contribution in [2.45, 2.75) is 62.7 Å². The molecule has 0 N–H and O–H groups in total. The summed E-state index contributed by atoms with van der Waals surface area (Å²) in [5.41, 5.74) is 24.1. The van der Waals surface area contributed by atoms with Gasteiger partial charge in [0.1, 0.15) is 0 Å². The van der Waals surface area contributed by atoms with Crippen molar-refractivity contribution >= 4 is 17.1 Å². The molecule has 0 heterocycles. The quantitative estimate of drug-likeness (QED) is 0.168. The molecule has 2 bridgehead atoms. The maximum absolute atomic E-state index is 2.62. The first-order valence-corrected chi connectivity index (χ1v) is 22.5. The maximum Gasteiger partial charge on any atom is 0.0543 e. The van der Waals surface area contributed by atoms with Crippen LogP contribution in [0.5, 0.6) is 0 Å². The Kier molecular flexibility index (Phi) is 7.27. The smallest absolute Gasteiger partial charge is 0.0543 e. The molecule has 1 nitrogen and oxygen atoms in total. The van der Waals surface area contributed by atoms with Gasteiger partial charge in [-0.05, 0) is 146 Å². The van der Waals surface area contributed by atoms with Crippen LogP contribution in [0, 0.1) is 11.8 Å². The van der Waals surface area contributed by atoms with Crippen molar-refractivity contribution < 1.29 is 0 Å². The van der Waals surface area contributed by atoms with Gasteiger partial charge >= 0.3 is 0 Å². The molecule has 0 amide bonds. The Bertz CT molecular complexity index is 3110. The molecule has 1 spiro atoms. The van der Waals surface area contributed by atoms with Crippen LogP contribution in [-0.2, 0) is 16.2 Å². The molecule has 2 saturated carbocycles. The summed E-state index contributed by atoms with van der Waals surface area (Å²) in [7, 11) is 0. The average molecular weight is 784 g/mol. The van der Waals surface area contributed by atoms with Gasteiger partial charge in [0.15, 0.2) is 0 Å². The first kappa shape index (κ1) is 35.3. The first-order chi connectivity index (χ1) is 29.9. The van der Waals surface area contributed by atoms with Gasteiger partial charge in [-0.25, -0.2) is 0 Å². The Morgan fingerprint density at radius 3 is 1.87 bits per heavy atom.